The molecule has 1 fully saturated rings. The SMILES string of the molecule is CO[C@H]1C[C@@H](C(N)=O)N(C(=O)c2oc3c(C)ccc(C)c3c2C)C1. The van der Waals surface area contributed by atoms with Crippen LogP contribution in [0.5, 0.6) is 0 Å². The number of nitrogens with zero attached hydrogens (tertiary/aromatic N) is 1. The number of hydrogen-bond donors (Lipinski definition) is 1. The summed E-state index contributed by atoms with van der Waals surface area (Å²) in [4.78, 5) is 26.2. The maximum atomic E-state index is 13.0. The van der Waals surface area contributed by atoms with Gasteiger partial charge in [-0.05, 0) is 31.9 Å². The minimum absolute atomic E-state index is 0.195. The lowest BCUT2D eigenvalue weighted by Crippen LogP contribution is -2.43. The number of hydrogen-bond acceptors (Lipinski definition) is 4. The van der Waals surface area contributed by atoms with Gasteiger partial charge in [0.1, 0.15) is 11.6 Å². The van der Waals surface area contributed by atoms with Crippen LogP contribution in [0.15, 0.2) is 16.5 Å². The van der Waals surface area contributed by atoms with Crippen LogP contribution in [0.4, 0.5) is 0 Å². The van der Waals surface area contributed by atoms with Gasteiger partial charge in [-0.15, -0.1) is 0 Å². The van der Waals surface area contributed by atoms with Gasteiger partial charge in [-0.25, -0.2) is 0 Å². The van der Waals surface area contributed by atoms with Gasteiger partial charge < -0.3 is 19.8 Å². The molecular formula is C18H22N2O4. The zero-order valence-corrected chi connectivity index (χ0v) is 14.4. The molecule has 1 aliphatic rings. The van der Waals surface area contributed by atoms with E-state index in [2.05, 4.69) is 0 Å². The van der Waals surface area contributed by atoms with Crippen LogP contribution in [0.25, 0.3) is 11.0 Å². The van der Waals surface area contributed by atoms with Crippen LogP contribution in [0.2, 0.25) is 0 Å². The molecule has 0 radical (unpaired) electrons. The van der Waals surface area contributed by atoms with E-state index in [1.54, 1.807) is 7.11 Å². The van der Waals surface area contributed by atoms with E-state index in [1.807, 2.05) is 32.9 Å². The summed E-state index contributed by atoms with van der Waals surface area (Å²) in [7, 11) is 1.57. The molecule has 2 atom stereocenters. The van der Waals surface area contributed by atoms with E-state index < -0.39 is 11.9 Å². The Kier molecular flexibility index (Phi) is 4.09. The number of carbonyl (C=O) groups is 2. The third-order valence-corrected chi connectivity index (χ3v) is 4.86. The van der Waals surface area contributed by atoms with Gasteiger partial charge in [0.25, 0.3) is 5.91 Å². The summed E-state index contributed by atoms with van der Waals surface area (Å²) >= 11 is 0. The molecule has 24 heavy (non-hydrogen) atoms. The van der Waals surface area contributed by atoms with E-state index in [9.17, 15) is 9.59 Å². The molecule has 1 aromatic carbocycles. The first-order valence-electron chi connectivity index (χ1n) is 7.97. The van der Waals surface area contributed by atoms with E-state index in [0.717, 1.165) is 22.1 Å². The van der Waals surface area contributed by atoms with Crippen LogP contribution in [0.1, 0.15) is 33.7 Å². The molecule has 1 saturated heterocycles. The first-order chi connectivity index (χ1) is 11.3. The number of methoxy groups -OCH3 is 1. The molecule has 128 valence electrons. The molecule has 1 aromatic heterocycles. The van der Waals surface area contributed by atoms with Crippen molar-refractivity contribution in [2.45, 2.75) is 39.3 Å². The Morgan fingerprint density at radius 1 is 1.25 bits per heavy atom. The highest BCUT2D eigenvalue weighted by atomic mass is 16.5. The van der Waals surface area contributed by atoms with Crippen molar-refractivity contribution < 1.29 is 18.7 Å². The van der Waals surface area contributed by atoms with E-state index in [4.69, 9.17) is 14.9 Å². The van der Waals surface area contributed by atoms with E-state index in [0.29, 0.717) is 18.5 Å². The van der Waals surface area contributed by atoms with E-state index >= 15 is 0 Å². The standard InChI is InChI=1S/C18H22N2O4/c1-9-5-6-10(2)15-14(9)11(3)16(24-15)18(22)20-8-12(23-4)7-13(20)17(19)21/h5-6,12-13H,7-8H2,1-4H3,(H2,19,21)/t12-,13-/m0/s1. The fourth-order valence-electron chi connectivity index (χ4n) is 3.47. The summed E-state index contributed by atoms with van der Waals surface area (Å²) in [5.41, 5.74) is 9.00. The Hall–Kier alpha value is -2.34. The monoisotopic (exact) mass is 330 g/mol. The minimum Gasteiger partial charge on any atom is -0.450 e. The number of rotatable bonds is 3. The Balaban J connectivity index is 2.05. The van der Waals surface area contributed by atoms with Crippen LogP contribution < -0.4 is 5.73 Å². The molecular weight excluding hydrogens is 308 g/mol. The smallest absolute Gasteiger partial charge is 0.290 e. The number of carbonyl (C=O) groups excluding carboxylic acids is 2. The minimum atomic E-state index is -0.669. The Labute approximate surface area is 140 Å². The molecule has 0 bridgehead atoms. The lowest BCUT2D eigenvalue weighted by Gasteiger charge is -2.21. The summed E-state index contributed by atoms with van der Waals surface area (Å²) in [6.45, 7) is 6.13. The van der Waals surface area contributed by atoms with Gasteiger partial charge in [0.15, 0.2) is 5.76 Å². The first-order valence-corrected chi connectivity index (χ1v) is 7.97. The average Bonchev–Trinajstić information content (AvgIpc) is 3.13. The van der Waals surface area contributed by atoms with Crippen molar-refractivity contribution in [1.29, 1.82) is 0 Å². The second-order valence-electron chi connectivity index (χ2n) is 6.43. The Morgan fingerprint density at radius 2 is 1.92 bits per heavy atom. The Bertz CT molecular complexity index is 824. The molecule has 6 nitrogen and oxygen atoms in total. The molecule has 2 aromatic rings. The highest BCUT2D eigenvalue weighted by Crippen LogP contribution is 2.32. The Morgan fingerprint density at radius 3 is 2.50 bits per heavy atom. The molecule has 1 aliphatic heterocycles. The molecule has 3 rings (SSSR count). The number of ether oxygens (including phenoxy) is 1. The number of benzene rings is 1. The van der Waals surface area contributed by atoms with Crippen LogP contribution >= 0.6 is 0 Å². The molecule has 0 saturated carbocycles. The number of amides is 2. The summed E-state index contributed by atoms with van der Waals surface area (Å²) in [5, 5.41) is 0.955. The highest BCUT2D eigenvalue weighted by molar-refractivity contribution is 6.02. The lowest BCUT2D eigenvalue weighted by molar-refractivity contribution is -0.121. The van der Waals surface area contributed by atoms with Crippen LogP contribution in [-0.4, -0.2) is 42.5 Å². The first kappa shape index (κ1) is 16.5. The number of nitrogens with two attached hydrogens (primary N) is 1. The quantitative estimate of drug-likeness (QED) is 0.933. The van der Waals surface area contributed by atoms with Gasteiger partial charge in [0.05, 0.1) is 6.10 Å². The summed E-state index contributed by atoms with van der Waals surface area (Å²) in [6, 6.07) is 3.31. The van der Waals surface area contributed by atoms with Crippen LogP contribution in [0.3, 0.4) is 0 Å². The lowest BCUT2D eigenvalue weighted by atomic mass is 10.0. The fourth-order valence-corrected chi connectivity index (χ4v) is 3.47. The molecule has 6 heteroatoms. The number of likely N-dealkylation sites (tertiary alicyclic amines) is 1. The third-order valence-electron chi connectivity index (χ3n) is 4.86. The van der Waals surface area contributed by atoms with Crippen molar-refractivity contribution in [3.05, 3.63) is 34.6 Å². The molecule has 2 N–H and O–H groups in total. The number of primary amides is 1. The summed E-state index contributed by atoms with van der Waals surface area (Å²) in [5.74, 6) is -0.569. The normalized spacial score (nSPS) is 20.8. The van der Waals surface area contributed by atoms with Crippen molar-refractivity contribution >= 4 is 22.8 Å². The van der Waals surface area contributed by atoms with Crippen molar-refractivity contribution in [3.63, 3.8) is 0 Å². The number of fused-ring (bicyclic) bond motifs is 1. The average molecular weight is 330 g/mol. The van der Waals surface area contributed by atoms with Crippen LogP contribution in [0, 0.1) is 20.8 Å². The predicted octanol–water partition coefficient (Wildman–Crippen LogP) is 2.07. The molecule has 2 heterocycles. The maximum Gasteiger partial charge on any atom is 0.290 e. The zero-order valence-electron chi connectivity index (χ0n) is 14.4. The number of aryl methyl sites for hydroxylation is 3. The van der Waals surface area contributed by atoms with Crippen molar-refractivity contribution in [2.75, 3.05) is 13.7 Å². The second kappa shape index (κ2) is 5.94. The number of furan rings is 1. The third kappa shape index (κ3) is 2.47. The van der Waals surface area contributed by atoms with Gasteiger partial charge in [0, 0.05) is 31.0 Å². The summed E-state index contributed by atoms with van der Waals surface area (Å²) < 4.78 is 11.2. The predicted molar refractivity (Wildman–Crippen MR) is 89.9 cm³/mol. The summed E-state index contributed by atoms with van der Waals surface area (Å²) in [6.07, 6.45) is 0.217. The van der Waals surface area contributed by atoms with Gasteiger partial charge in [-0.1, -0.05) is 12.1 Å². The van der Waals surface area contributed by atoms with Crippen molar-refractivity contribution in [2.24, 2.45) is 5.73 Å². The fraction of sp³-hybridized carbons (Fsp3) is 0.444. The van der Waals surface area contributed by atoms with Gasteiger partial charge >= 0.3 is 0 Å². The van der Waals surface area contributed by atoms with E-state index in [1.165, 1.54) is 4.90 Å². The molecule has 0 spiro atoms. The zero-order chi connectivity index (χ0) is 17.6. The van der Waals surface area contributed by atoms with Crippen LogP contribution in [-0.2, 0) is 9.53 Å². The van der Waals surface area contributed by atoms with E-state index in [-0.39, 0.29) is 17.8 Å². The second-order valence-corrected chi connectivity index (χ2v) is 6.43. The van der Waals surface area contributed by atoms with Crippen molar-refractivity contribution in [1.82, 2.24) is 4.90 Å². The van der Waals surface area contributed by atoms with Gasteiger partial charge in [0.2, 0.25) is 5.91 Å². The molecule has 0 aliphatic carbocycles. The molecule has 2 amide bonds. The maximum absolute atomic E-state index is 13.0. The molecule has 0 unspecified atom stereocenters. The van der Waals surface area contributed by atoms with Gasteiger partial charge in [-0.3, -0.25) is 9.59 Å². The van der Waals surface area contributed by atoms with Crippen molar-refractivity contribution in [3.8, 4) is 0 Å². The van der Waals surface area contributed by atoms with Gasteiger partial charge in [-0.2, -0.15) is 0 Å². The highest BCUT2D eigenvalue weighted by Gasteiger charge is 2.40. The topological polar surface area (TPSA) is 85.8 Å². The largest absolute Gasteiger partial charge is 0.450 e.